The Hall–Kier alpha value is -1.56. The van der Waals surface area contributed by atoms with Gasteiger partial charge in [-0.2, -0.15) is 13.2 Å². The third kappa shape index (κ3) is 4.00. The minimum absolute atomic E-state index is 0.0127. The summed E-state index contributed by atoms with van der Waals surface area (Å²) in [6, 6.07) is 8.25. The molecular formula is C16H20F3NOSi. The molecule has 2 nitrogen and oxygen atoms in total. The number of hydrogen-bond acceptors (Lipinski definition) is 1. The van der Waals surface area contributed by atoms with Crippen LogP contribution in [0.3, 0.4) is 0 Å². The minimum Gasteiger partial charge on any atom is -0.326 e. The molecule has 0 radical (unpaired) electrons. The number of carbonyl (C=O) groups excluding carboxylic acids is 1. The van der Waals surface area contributed by atoms with Crippen LogP contribution in [0.5, 0.6) is 0 Å². The van der Waals surface area contributed by atoms with Crippen molar-refractivity contribution in [2.45, 2.75) is 38.4 Å². The molecule has 0 bridgehead atoms. The van der Waals surface area contributed by atoms with Crippen LogP contribution >= 0.6 is 0 Å². The fourth-order valence-corrected chi connectivity index (χ4v) is 3.31. The zero-order valence-electron chi connectivity index (χ0n) is 13.0. The second kappa shape index (κ2) is 5.91. The van der Waals surface area contributed by atoms with Crippen LogP contribution in [-0.2, 0) is 11.3 Å². The van der Waals surface area contributed by atoms with E-state index in [1.54, 1.807) is 12.1 Å². The predicted molar refractivity (Wildman–Crippen MR) is 84.0 cm³/mol. The van der Waals surface area contributed by atoms with Gasteiger partial charge in [-0.05, 0) is 22.7 Å². The van der Waals surface area contributed by atoms with E-state index in [0.717, 1.165) is 27.6 Å². The topological polar surface area (TPSA) is 20.3 Å². The largest absolute Gasteiger partial charge is 0.471 e. The lowest BCUT2D eigenvalue weighted by Gasteiger charge is -2.31. The Balaban J connectivity index is 2.35. The van der Waals surface area contributed by atoms with Crippen LogP contribution in [0.15, 0.2) is 30.3 Å². The summed E-state index contributed by atoms with van der Waals surface area (Å²) in [7, 11) is -1.35. The molecule has 0 unspecified atom stereocenters. The van der Waals surface area contributed by atoms with Crippen LogP contribution in [0.2, 0.25) is 25.7 Å². The molecule has 0 aromatic heterocycles. The molecule has 1 aliphatic heterocycles. The lowest BCUT2D eigenvalue weighted by atomic mass is 9.94. The summed E-state index contributed by atoms with van der Waals surface area (Å²) in [6.07, 6.45) is -2.81. The number of carbonyl (C=O) groups is 1. The molecular weight excluding hydrogens is 307 g/mol. The number of benzene rings is 1. The van der Waals surface area contributed by atoms with Gasteiger partial charge in [-0.15, -0.1) is 0 Å². The van der Waals surface area contributed by atoms with E-state index in [1.165, 1.54) is 0 Å². The first kappa shape index (κ1) is 16.8. The van der Waals surface area contributed by atoms with Gasteiger partial charge in [-0.3, -0.25) is 4.79 Å². The molecule has 1 aromatic carbocycles. The lowest BCUT2D eigenvalue weighted by molar-refractivity contribution is -0.185. The first-order chi connectivity index (χ1) is 10.1. The number of allylic oxidation sites excluding steroid dienone is 1. The molecule has 0 saturated heterocycles. The summed E-state index contributed by atoms with van der Waals surface area (Å²) in [5, 5.41) is 0. The van der Waals surface area contributed by atoms with E-state index in [2.05, 4.69) is 19.6 Å². The molecule has 1 amide bonds. The number of fused-ring (bicyclic) bond motifs is 1. The second-order valence-electron chi connectivity index (χ2n) is 6.81. The Morgan fingerprint density at radius 3 is 2.45 bits per heavy atom. The van der Waals surface area contributed by atoms with Crippen LogP contribution in [0.1, 0.15) is 11.1 Å². The van der Waals surface area contributed by atoms with Crippen molar-refractivity contribution in [2.75, 3.05) is 6.54 Å². The van der Waals surface area contributed by atoms with Crippen molar-refractivity contribution in [1.82, 2.24) is 4.90 Å². The highest BCUT2D eigenvalue weighted by molar-refractivity contribution is 6.76. The number of hydrogen-bond donors (Lipinski definition) is 0. The summed E-state index contributed by atoms with van der Waals surface area (Å²) in [4.78, 5) is 12.4. The van der Waals surface area contributed by atoms with Crippen molar-refractivity contribution < 1.29 is 18.0 Å². The molecule has 0 atom stereocenters. The predicted octanol–water partition coefficient (Wildman–Crippen LogP) is 4.31. The van der Waals surface area contributed by atoms with Gasteiger partial charge in [0.25, 0.3) is 0 Å². The minimum atomic E-state index is -4.82. The van der Waals surface area contributed by atoms with Crippen LogP contribution in [0.25, 0.3) is 5.57 Å². The molecule has 2 rings (SSSR count). The number of halogens is 3. The normalized spacial score (nSPS) is 17.5. The quantitative estimate of drug-likeness (QED) is 0.741. The van der Waals surface area contributed by atoms with Gasteiger partial charge in [0.05, 0.1) is 0 Å². The summed E-state index contributed by atoms with van der Waals surface area (Å²) in [5.74, 6) is -1.76. The molecule has 1 aliphatic rings. The van der Waals surface area contributed by atoms with Crippen molar-refractivity contribution in [3.8, 4) is 0 Å². The molecule has 0 spiro atoms. The first-order valence-corrected chi connectivity index (χ1v) is 10.9. The van der Waals surface area contributed by atoms with Gasteiger partial charge in [0.2, 0.25) is 0 Å². The third-order valence-electron chi connectivity index (χ3n) is 3.58. The lowest BCUT2D eigenvalue weighted by Crippen LogP contribution is -2.43. The second-order valence-corrected chi connectivity index (χ2v) is 12.3. The Morgan fingerprint density at radius 1 is 1.23 bits per heavy atom. The third-order valence-corrected chi connectivity index (χ3v) is 5.01. The fraction of sp³-hybridized carbons (Fsp3) is 0.438. The van der Waals surface area contributed by atoms with Crippen molar-refractivity contribution >= 4 is 19.6 Å². The zero-order valence-corrected chi connectivity index (χ0v) is 14.0. The maximum Gasteiger partial charge on any atom is 0.471 e. The van der Waals surface area contributed by atoms with Gasteiger partial charge >= 0.3 is 12.1 Å². The smallest absolute Gasteiger partial charge is 0.326 e. The fourth-order valence-electron chi connectivity index (χ4n) is 2.45. The van der Waals surface area contributed by atoms with E-state index in [-0.39, 0.29) is 13.1 Å². The first-order valence-electron chi connectivity index (χ1n) is 7.21. The Kier molecular flexibility index (Phi) is 4.51. The monoisotopic (exact) mass is 327 g/mol. The highest BCUT2D eigenvalue weighted by atomic mass is 28.3. The zero-order chi connectivity index (χ0) is 16.5. The van der Waals surface area contributed by atoms with E-state index in [0.29, 0.717) is 0 Å². The average molecular weight is 327 g/mol. The van der Waals surface area contributed by atoms with Gasteiger partial charge in [0, 0.05) is 21.2 Å². The molecule has 1 aromatic rings. The van der Waals surface area contributed by atoms with Gasteiger partial charge in [-0.25, -0.2) is 0 Å². The molecule has 0 saturated carbocycles. The summed E-state index contributed by atoms with van der Waals surface area (Å²) in [6.45, 7) is 6.66. The maximum atomic E-state index is 12.7. The molecule has 1 heterocycles. The number of alkyl halides is 3. The Bertz CT molecular complexity index is 602. The maximum absolute atomic E-state index is 12.7. The number of amides is 1. The summed E-state index contributed by atoms with van der Waals surface area (Å²) >= 11 is 0. The van der Waals surface area contributed by atoms with E-state index >= 15 is 0 Å². The average Bonchev–Trinajstić information content (AvgIpc) is 2.41. The number of rotatable bonds is 2. The van der Waals surface area contributed by atoms with Gasteiger partial charge < -0.3 is 4.90 Å². The van der Waals surface area contributed by atoms with E-state index in [4.69, 9.17) is 0 Å². The van der Waals surface area contributed by atoms with Crippen LogP contribution < -0.4 is 0 Å². The Morgan fingerprint density at radius 2 is 1.86 bits per heavy atom. The van der Waals surface area contributed by atoms with Crippen LogP contribution in [0.4, 0.5) is 13.2 Å². The standard InChI is InChI=1S/C16H20F3NOSi/c1-22(2,3)9-8-13-11-20(15(21)16(17,18)19)10-12-6-4-5-7-14(12)13/h4-8H,9-11H2,1-3H3/b13-8+. The highest BCUT2D eigenvalue weighted by Crippen LogP contribution is 2.31. The molecule has 22 heavy (non-hydrogen) atoms. The van der Waals surface area contributed by atoms with Gasteiger partial charge in [-0.1, -0.05) is 50.0 Å². The highest BCUT2D eigenvalue weighted by Gasteiger charge is 2.43. The molecule has 120 valence electrons. The molecule has 0 N–H and O–H groups in total. The summed E-state index contributed by atoms with van der Waals surface area (Å²) in [5.41, 5.74) is 2.56. The van der Waals surface area contributed by atoms with Crippen molar-refractivity contribution in [3.63, 3.8) is 0 Å². The summed E-state index contributed by atoms with van der Waals surface area (Å²) < 4.78 is 38.1. The number of nitrogens with zero attached hydrogens (tertiary/aromatic N) is 1. The van der Waals surface area contributed by atoms with E-state index in [1.807, 2.05) is 18.2 Å². The molecule has 6 heteroatoms. The van der Waals surface area contributed by atoms with E-state index < -0.39 is 20.2 Å². The van der Waals surface area contributed by atoms with Crippen LogP contribution in [0, 0.1) is 0 Å². The van der Waals surface area contributed by atoms with Crippen molar-refractivity contribution in [2.24, 2.45) is 0 Å². The Labute approximate surface area is 129 Å². The van der Waals surface area contributed by atoms with E-state index in [9.17, 15) is 18.0 Å². The van der Waals surface area contributed by atoms with Crippen LogP contribution in [-0.4, -0.2) is 31.6 Å². The van der Waals surface area contributed by atoms with Gasteiger partial charge in [0.15, 0.2) is 0 Å². The molecule has 0 fully saturated rings. The SMILES string of the molecule is C[Si](C)(C)C/C=C1\CN(C(=O)C(F)(F)F)Cc2ccccc21. The van der Waals surface area contributed by atoms with Crippen molar-refractivity contribution in [3.05, 3.63) is 41.5 Å². The van der Waals surface area contributed by atoms with Crippen molar-refractivity contribution in [1.29, 1.82) is 0 Å². The molecule has 0 aliphatic carbocycles. The van der Waals surface area contributed by atoms with Gasteiger partial charge in [0.1, 0.15) is 0 Å².